The number of benzene rings is 1. The number of aromatic nitrogens is 1. The molecular formula is C14H16N2OS. The number of para-hydroxylation sites is 1. The first-order valence-electron chi connectivity index (χ1n) is 5.78. The highest BCUT2D eigenvalue weighted by Gasteiger charge is 2.25. The highest BCUT2D eigenvalue weighted by molar-refractivity contribution is 7.91. The number of rotatable bonds is 2. The number of fused-ring (bicyclic) bond motifs is 1. The van der Waals surface area contributed by atoms with Crippen molar-refractivity contribution in [3.63, 3.8) is 0 Å². The minimum absolute atomic E-state index is 0.339. The maximum Gasteiger partial charge on any atom is 0.144 e. The van der Waals surface area contributed by atoms with Crippen LogP contribution in [0.3, 0.4) is 0 Å². The second kappa shape index (κ2) is 5.08. The fraction of sp³-hybridized carbons (Fsp3) is 0.286. The van der Waals surface area contributed by atoms with E-state index in [1.54, 1.807) is 12.4 Å². The molecule has 0 fully saturated rings. The van der Waals surface area contributed by atoms with Crippen LogP contribution < -0.4 is 0 Å². The van der Waals surface area contributed by atoms with Crippen molar-refractivity contribution >= 4 is 28.5 Å². The third-order valence-electron chi connectivity index (χ3n) is 2.48. The van der Waals surface area contributed by atoms with Crippen LogP contribution in [0.25, 0.3) is 10.9 Å². The van der Waals surface area contributed by atoms with Gasteiger partial charge in [0, 0.05) is 17.1 Å². The topological polar surface area (TPSA) is 48.3 Å². The summed E-state index contributed by atoms with van der Waals surface area (Å²) in [6.07, 6.45) is 3.40. The second-order valence-corrected chi connectivity index (χ2v) is 6.95. The monoisotopic (exact) mass is 260 g/mol. The molecule has 3 nitrogen and oxygen atoms in total. The maximum absolute atomic E-state index is 11.9. The lowest BCUT2D eigenvalue weighted by molar-refractivity contribution is 0.562. The zero-order chi connectivity index (χ0) is 13.2. The average molecular weight is 260 g/mol. The normalized spacial score (nSPS) is 14.2. The Morgan fingerprint density at radius 3 is 2.67 bits per heavy atom. The van der Waals surface area contributed by atoms with Gasteiger partial charge >= 0.3 is 0 Å². The van der Waals surface area contributed by atoms with Crippen molar-refractivity contribution in [2.45, 2.75) is 25.5 Å². The first kappa shape index (κ1) is 13.1. The van der Waals surface area contributed by atoms with Gasteiger partial charge in [0.25, 0.3) is 0 Å². The standard InChI is InChI=1S/C14H16N2OS/c1-14(2,3)18(17)16-10-12-7-4-6-11-8-5-9-15-13(11)12/h4-10H,1-3H3/b16-10+. The Labute approximate surface area is 110 Å². The molecule has 0 bridgehead atoms. The predicted octanol–water partition coefficient (Wildman–Crippen LogP) is 3.12. The molecule has 1 aromatic heterocycles. The Morgan fingerprint density at radius 1 is 1.22 bits per heavy atom. The van der Waals surface area contributed by atoms with Crippen molar-refractivity contribution in [1.29, 1.82) is 0 Å². The van der Waals surface area contributed by atoms with E-state index in [0.29, 0.717) is 0 Å². The second-order valence-electron chi connectivity index (χ2n) is 5.02. The molecule has 0 aliphatic rings. The number of hydrogen-bond donors (Lipinski definition) is 0. The molecule has 0 aliphatic heterocycles. The van der Waals surface area contributed by atoms with Crippen molar-refractivity contribution in [2.24, 2.45) is 4.40 Å². The third kappa shape index (κ3) is 2.89. The predicted molar refractivity (Wildman–Crippen MR) is 77.2 cm³/mol. The van der Waals surface area contributed by atoms with Crippen LogP contribution in [0.1, 0.15) is 26.3 Å². The molecule has 0 radical (unpaired) electrons. The Balaban J connectivity index is 2.35. The zero-order valence-electron chi connectivity index (χ0n) is 10.8. The van der Waals surface area contributed by atoms with E-state index in [1.807, 2.05) is 51.1 Å². The number of pyridine rings is 1. The fourth-order valence-electron chi connectivity index (χ4n) is 1.49. The van der Waals surface area contributed by atoms with Gasteiger partial charge in [0.05, 0.1) is 11.7 Å². The van der Waals surface area contributed by atoms with E-state index in [4.69, 9.17) is 0 Å². The molecular weight excluding hydrogens is 244 g/mol. The largest absolute Gasteiger partial charge is 0.591 e. The fourth-order valence-corrected chi connectivity index (χ4v) is 2.02. The molecule has 0 spiro atoms. The van der Waals surface area contributed by atoms with Gasteiger partial charge in [0.15, 0.2) is 0 Å². The first-order valence-corrected chi connectivity index (χ1v) is 6.89. The number of nitrogens with zero attached hydrogens (tertiary/aromatic N) is 2. The van der Waals surface area contributed by atoms with Crippen molar-refractivity contribution in [1.82, 2.24) is 4.98 Å². The molecule has 94 valence electrons. The van der Waals surface area contributed by atoms with Crippen LogP contribution in [0.15, 0.2) is 40.9 Å². The average Bonchev–Trinajstić information content (AvgIpc) is 2.34. The first-order chi connectivity index (χ1) is 8.48. The van der Waals surface area contributed by atoms with Crippen LogP contribution in [-0.4, -0.2) is 20.5 Å². The molecule has 0 N–H and O–H groups in total. The third-order valence-corrected chi connectivity index (χ3v) is 3.82. The van der Waals surface area contributed by atoms with E-state index in [9.17, 15) is 4.55 Å². The molecule has 2 aromatic rings. The smallest absolute Gasteiger partial charge is 0.144 e. The van der Waals surface area contributed by atoms with Crippen LogP contribution in [-0.2, 0) is 11.4 Å². The van der Waals surface area contributed by atoms with Gasteiger partial charge in [-0.3, -0.25) is 4.98 Å². The summed E-state index contributed by atoms with van der Waals surface area (Å²) >= 11 is -1.24. The minimum Gasteiger partial charge on any atom is -0.591 e. The molecule has 1 aromatic carbocycles. The van der Waals surface area contributed by atoms with Crippen LogP contribution in [0.2, 0.25) is 0 Å². The summed E-state index contributed by atoms with van der Waals surface area (Å²) in [5, 5.41) is 1.06. The Bertz CT molecular complexity index is 570. The molecule has 0 aliphatic carbocycles. The van der Waals surface area contributed by atoms with E-state index >= 15 is 0 Å². The minimum atomic E-state index is -1.24. The molecule has 18 heavy (non-hydrogen) atoms. The maximum atomic E-state index is 11.9. The molecule has 0 saturated carbocycles. The van der Waals surface area contributed by atoms with E-state index in [1.165, 1.54) is 0 Å². The Morgan fingerprint density at radius 2 is 1.94 bits per heavy atom. The van der Waals surface area contributed by atoms with Crippen LogP contribution in [0.4, 0.5) is 0 Å². The molecule has 1 unspecified atom stereocenters. The Hall–Kier alpha value is -1.39. The summed E-state index contributed by atoms with van der Waals surface area (Å²) < 4.78 is 15.7. The van der Waals surface area contributed by atoms with Crippen LogP contribution in [0.5, 0.6) is 0 Å². The SMILES string of the molecule is CC(C)(C)[S+]([O-])/N=C/c1cccc2cccnc12. The van der Waals surface area contributed by atoms with E-state index < -0.39 is 11.4 Å². The summed E-state index contributed by atoms with van der Waals surface area (Å²) in [6, 6.07) is 9.78. The van der Waals surface area contributed by atoms with Crippen molar-refractivity contribution in [3.05, 3.63) is 42.1 Å². The summed E-state index contributed by atoms with van der Waals surface area (Å²) in [6.45, 7) is 5.71. The summed E-state index contributed by atoms with van der Waals surface area (Å²) in [5.74, 6) is 0. The van der Waals surface area contributed by atoms with Gasteiger partial charge in [0.1, 0.15) is 16.1 Å². The quantitative estimate of drug-likeness (QED) is 0.615. The van der Waals surface area contributed by atoms with Gasteiger partial charge in [0.2, 0.25) is 0 Å². The van der Waals surface area contributed by atoms with Crippen molar-refractivity contribution in [3.8, 4) is 0 Å². The highest BCUT2D eigenvalue weighted by Crippen LogP contribution is 2.18. The molecule has 1 atom stereocenters. The number of hydrogen-bond acceptors (Lipinski definition) is 3. The molecule has 1 heterocycles. The molecule has 4 heteroatoms. The lowest BCUT2D eigenvalue weighted by Crippen LogP contribution is -2.25. The molecule has 2 rings (SSSR count). The Kier molecular flexibility index (Phi) is 3.68. The lowest BCUT2D eigenvalue weighted by Gasteiger charge is -2.17. The van der Waals surface area contributed by atoms with E-state index in [0.717, 1.165) is 16.5 Å². The molecule has 0 saturated heterocycles. The molecule has 0 amide bonds. The van der Waals surface area contributed by atoms with Crippen molar-refractivity contribution in [2.75, 3.05) is 0 Å². The summed E-state index contributed by atoms with van der Waals surface area (Å²) in [7, 11) is 0. The highest BCUT2D eigenvalue weighted by atomic mass is 32.2. The zero-order valence-corrected chi connectivity index (χ0v) is 11.6. The van der Waals surface area contributed by atoms with E-state index in [-0.39, 0.29) is 4.75 Å². The van der Waals surface area contributed by atoms with Gasteiger partial charge in [-0.25, -0.2) is 0 Å². The summed E-state index contributed by atoms with van der Waals surface area (Å²) in [4.78, 5) is 4.33. The van der Waals surface area contributed by atoms with Gasteiger partial charge in [-0.2, -0.15) is 0 Å². The van der Waals surface area contributed by atoms with Gasteiger partial charge in [-0.15, -0.1) is 0 Å². The van der Waals surface area contributed by atoms with Crippen molar-refractivity contribution < 1.29 is 4.55 Å². The van der Waals surface area contributed by atoms with Gasteiger partial charge in [-0.1, -0.05) is 28.7 Å². The van der Waals surface area contributed by atoms with E-state index in [2.05, 4.69) is 9.38 Å². The van der Waals surface area contributed by atoms with Gasteiger partial charge < -0.3 is 4.55 Å². The van der Waals surface area contributed by atoms with Crippen LogP contribution in [0, 0.1) is 0 Å². The lowest BCUT2D eigenvalue weighted by atomic mass is 10.1. The van der Waals surface area contributed by atoms with Crippen LogP contribution >= 0.6 is 0 Å². The van der Waals surface area contributed by atoms with Gasteiger partial charge in [-0.05, 0) is 26.8 Å². The summed E-state index contributed by atoms with van der Waals surface area (Å²) in [5.41, 5.74) is 1.78.